The number of aliphatic hydroxyl groups excluding tert-OH is 1. The van der Waals surface area contributed by atoms with Crippen molar-refractivity contribution >= 4 is 21.4 Å². The molecule has 1 heterocycles. The van der Waals surface area contributed by atoms with Crippen LogP contribution in [0.4, 0.5) is 0 Å². The maximum atomic E-state index is 8.85. The molecule has 3 heteroatoms. The topological polar surface area (TPSA) is 46.2 Å². The van der Waals surface area contributed by atoms with Gasteiger partial charge in [0.1, 0.15) is 0 Å². The van der Waals surface area contributed by atoms with Gasteiger partial charge < -0.3 is 10.8 Å². The Morgan fingerprint density at radius 3 is 2.86 bits per heavy atom. The van der Waals surface area contributed by atoms with Gasteiger partial charge in [0, 0.05) is 15.6 Å². The molecule has 0 saturated carbocycles. The summed E-state index contributed by atoms with van der Waals surface area (Å²) in [5, 5.41) is 10.1. The van der Waals surface area contributed by atoms with Gasteiger partial charge in [0.05, 0.1) is 6.61 Å². The van der Waals surface area contributed by atoms with Crippen molar-refractivity contribution in [3.05, 3.63) is 35.2 Å². The zero-order valence-corrected chi connectivity index (χ0v) is 8.63. The van der Waals surface area contributed by atoms with E-state index in [1.165, 1.54) is 15.0 Å². The second kappa shape index (κ2) is 4.09. The smallest absolute Gasteiger partial charge is 0.0586 e. The molecular weight excluding hydrogens is 194 g/mol. The van der Waals surface area contributed by atoms with Crippen LogP contribution in [0.1, 0.15) is 4.88 Å². The number of hydrogen-bond acceptors (Lipinski definition) is 3. The van der Waals surface area contributed by atoms with E-state index in [1.54, 1.807) is 11.3 Å². The molecule has 14 heavy (non-hydrogen) atoms. The minimum Gasteiger partial charge on any atom is -0.395 e. The first-order valence-electron chi connectivity index (χ1n) is 4.63. The van der Waals surface area contributed by atoms with Gasteiger partial charge in [0.25, 0.3) is 0 Å². The largest absolute Gasteiger partial charge is 0.395 e. The van der Waals surface area contributed by atoms with Crippen LogP contribution in [0.3, 0.4) is 0 Å². The minimum atomic E-state index is -0.136. The number of benzene rings is 1. The second-order valence-corrected chi connectivity index (χ2v) is 4.57. The van der Waals surface area contributed by atoms with Crippen LogP contribution in [0.15, 0.2) is 30.3 Å². The van der Waals surface area contributed by atoms with Crippen LogP contribution in [-0.4, -0.2) is 17.8 Å². The minimum absolute atomic E-state index is 0.0498. The van der Waals surface area contributed by atoms with Gasteiger partial charge in [-0.3, -0.25) is 0 Å². The van der Waals surface area contributed by atoms with E-state index in [4.69, 9.17) is 10.8 Å². The Hall–Kier alpha value is -0.900. The molecule has 2 nitrogen and oxygen atoms in total. The van der Waals surface area contributed by atoms with E-state index in [0.29, 0.717) is 0 Å². The highest BCUT2D eigenvalue weighted by Gasteiger charge is 2.05. The lowest BCUT2D eigenvalue weighted by Crippen LogP contribution is -2.26. The van der Waals surface area contributed by atoms with Gasteiger partial charge in [-0.25, -0.2) is 0 Å². The average molecular weight is 207 g/mol. The molecule has 0 aliphatic rings. The fourth-order valence-electron chi connectivity index (χ4n) is 1.46. The van der Waals surface area contributed by atoms with Crippen molar-refractivity contribution < 1.29 is 5.11 Å². The maximum absolute atomic E-state index is 8.85. The van der Waals surface area contributed by atoms with Gasteiger partial charge in [-0.05, 0) is 23.9 Å². The average Bonchev–Trinajstić information content (AvgIpc) is 2.59. The number of nitrogens with two attached hydrogens (primary N) is 1. The normalized spacial score (nSPS) is 13.3. The Labute approximate surface area is 87.0 Å². The fraction of sp³-hybridized carbons (Fsp3) is 0.273. The molecule has 0 saturated heterocycles. The van der Waals surface area contributed by atoms with Crippen molar-refractivity contribution in [2.75, 3.05) is 6.61 Å². The fourth-order valence-corrected chi connectivity index (χ4v) is 2.62. The summed E-state index contributed by atoms with van der Waals surface area (Å²) >= 11 is 1.75. The SMILES string of the molecule is NC(CO)Cc1cc2ccccc2s1. The monoisotopic (exact) mass is 207 g/mol. The molecule has 3 N–H and O–H groups in total. The first-order valence-corrected chi connectivity index (χ1v) is 5.45. The van der Waals surface area contributed by atoms with Crippen LogP contribution in [-0.2, 0) is 6.42 Å². The van der Waals surface area contributed by atoms with Crippen molar-refractivity contribution in [3.8, 4) is 0 Å². The Bertz CT molecular complexity index is 391. The molecule has 74 valence electrons. The third-order valence-electron chi connectivity index (χ3n) is 2.17. The summed E-state index contributed by atoms with van der Waals surface area (Å²) in [6.45, 7) is 0.0498. The standard InChI is InChI=1S/C11H13NOS/c12-9(7-13)6-10-5-8-3-1-2-4-11(8)14-10/h1-5,9,13H,6-7,12H2. The summed E-state index contributed by atoms with van der Waals surface area (Å²) in [6.07, 6.45) is 0.760. The predicted molar refractivity (Wildman–Crippen MR) is 60.6 cm³/mol. The molecule has 0 bridgehead atoms. The van der Waals surface area contributed by atoms with Crippen LogP contribution in [0.25, 0.3) is 10.1 Å². The molecule has 1 aromatic carbocycles. The van der Waals surface area contributed by atoms with E-state index in [0.717, 1.165) is 6.42 Å². The number of fused-ring (bicyclic) bond motifs is 1. The van der Waals surface area contributed by atoms with Crippen LogP contribution in [0, 0.1) is 0 Å². The number of hydrogen-bond donors (Lipinski definition) is 2. The van der Waals surface area contributed by atoms with Gasteiger partial charge >= 0.3 is 0 Å². The molecule has 1 unspecified atom stereocenters. The van der Waals surface area contributed by atoms with Gasteiger partial charge in [0.2, 0.25) is 0 Å². The molecule has 2 rings (SSSR count). The Balaban J connectivity index is 2.27. The van der Waals surface area contributed by atoms with Crippen LogP contribution in [0.5, 0.6) is 0 Å². The maximum Gasteiger partial charge on any atom is 0.0586 e. The molecule has 0 fully saturated rings. The van der Waals surface area contributed by atoms with Crippen LogP contribution < -0.4 is 5.73 Å². The van der Waals surface area contributed by atoms with Gasteiger partial charge in [0.15, 0.2) is 0 Å². The zero-order chi connectivity index (χ0) is 9.97. The summed E-state index contributed by atoms with van der Waals surface area (Å²) < 4.78 is 1.28. The van der Waals surface area contributed by atoms with Crippen LogP contribution in [0.2, 0.25) is 0 Å². The molecule has 0 amide bonds. The van der Waals surface area contributed by atoms with E-state index >= 15 is 0 Å². The lowest BCUT2D eigenvalue weighted by molar-refractivity contribution is 0.266. The Kier molecular flexibility index (Phi) is 2.82. The highest BCUT2D eigenvalue weighted by Crippen LogP contribution is 2.25. The third-order valence-corrected chi connectivity index (χ3v) is 3.31. The molecule has 1 aromatic heterocycles. The van der Waals surface area contributed by atoms with Gasteiger partial charge in [-0.2, -0.15) is 0 Å². The van der Waals surface area contributed by atoms with E-state index in [1.807, 2.05) is 12.1 Å². The third kappa shape index (κ3) is 1.95. The van der Waals surface area contributed by atoms with Crippen molar-refractivity contribution in [2.24, 2.45) is 5.73 Å². The van der Waals surface area contributed by atoms with Gasteiger partial charge in [-0.1, -0.05) is 18.2 Å². The molecular formula is C11H13NOS. The number of aliphatic hydroxyl groups is 1. The lowest BCUT2D eigenvalue weighted by Gasteiger charge is -2.03. The van der Waals surface area contributed by atoms with E-state index in [2.05, 4.69) is 18.2 Å². The lowest BCUT2D eigenvalue weighted by atomic mass is 10.2. The molecule has 0 radical (unpaired) electrons. The molecule has 0 spiro atoms. The van der Waals surface area contributed by atoms with E-state index in [-0.39, 0.29) is 12.6 Å². The highest BCUT2D eigenvalue weighted by atomic mass is 32.1. The summed E-state index contributed by atoms with van der Waals surface area (Å²) in [5.41, 5.74) is 5.68. The number of thiophene rings is 1. The Morgan fingerprint density at radius 1 is 1.36 bits per heavy atom. The molecule has 0 aliphatic heterocycles. The second-order valence-electron chi connectivity index (χ2n) is 3.40. The van der Waals surface area contributed by atoms with E-state index < -0.39 is 0 Å². The van der Waals surface area contributed by atoms with Crippen molar-refractivity contribution in [1.29, 1.82) is 0 Å². The predicted octanol–water partition coefficient (Wildman–Crippen LogP) is 1.76. The van der Waals surface area contributed by atoms with E-state index in [9.17, 15) is 0 Å². The highest BCUT2D eigenvalue weighted by molar-refractivity contribution is 7.19. The molecule has 2 aromatic rings. The summed E-state index contributed by atoms with van der Waals surface area (Å²) in [7, 11) is 0. The van der Waals surface area contributed by atoms with Crippen molar-refractivity contribution in [2.45, 2.75) is 12.5 Å². The summed E-state index contributed by atoms with van der Waals surface area (Å²) in [5.74, 6) is 0. The first kappa shape index (κ1) is 9.65. The van der Waals surface area contributed by atoms with Gasteiger partial charge in [-0.15, -0.1) is 11.3 Å². The van der Waals surface area contributed by atoms with Crippen LogP contribution >= 0.6 is 11.3 Å². The number of rotatable bonds is 3. The Morgan fingerprint density at radius 2 is 2.14 bits per heavy atom. The summed E-state index contributed by atoms with van der Waals surface area (Å²) in [4.78, 5) is 1.24. The molecule has 1 atom stereocenters. The zero-order valence-electron chi connectivity index (χ0n) is 7.81. The van der Waals surface area contributed by atoms with Crippen molar-refractivity contribution in [3.63, 3.8) is 0 Å². The quantitative estimate of drug-likeness (QED) is 0.805. The first-order chi connectivity index (χ1) is 6.79. The van der Waals surface area contributed by atoms with Crippen molar-refractivity contribution in [1.82, 2.24) is 0 Å². The summed E-state index contributed by atoms with van der Waals surface area (Å²) in [6, 6.07) is 10.3. The molecule has 0 aliphatic carbocycles.